The Morgan fingerprint density at radius 3 is 3.20 bits per heavy atom. The molecule has 0 unspecified atom stereocenters. The number of nitrogens with one attached hydrogen (secondary N) is 2. The van der Waals surface area contributed by atoms with Crippen LogP contribution in [0.25, 0.3) is 11.3 Å². The van der Waals surface area contributed by atoms with Gasteiger partial charge in [0, 0.05) is 29.1 Å². The van der Waals surface area contributed by atoms with Crippen molar-refractivity contribution in [3.05, 3.63) is 28.6 Å². The molecule has 0 aliphatic heterocycles. The molecule has 4 heteroatoms. The molecule has 15 heavy (non-hydrogen) atoms. The molecule has 0 bridgehead atoms. The molecule has 0 aromatic carbocycles. The summed E-state index contributed by atoms with van der Waals surface area (Å²) in [5, 5.41) is 14.9. The zero-order chi connectivity index (χ0) is 10.1. The molecular formula is C11H13N3S. The molecule has 1 fully saturated rings. The van der Waals surface area contributed by atoms with E-state index < -0.39 is 0 Å². The molecule has 0 spiro atoms. The van der Waals surface area contributed by atoms with E-state index in [4.69, 9.17) is 0 Å². The van der Waals surface area contributed by atoms with Crippen LogP contribution in [0.15, 0.2) is 23.0 Å². The Bertz CT molecular complexity index is 428. The fraction of sp³-hybridized carbons (Fsp3) is 0.364. The van der Waals surface area contributed by atoms with Gasteiger partial charge in [0.1, 0.15) is 0 Å². The fourth-order valence-corrected chi connectivity index (χ4v) is 2.29. The summed E-state index contributed by atoms with van der Waals surface area (Å²) in [6.07, 6.45) is 4.57. The number of H-pyrrole nitrogens is 1. The van der Waals surface area contributed by atoms with E-state index in [2.05, 4.69) is 32.3 Å². The molecule has 0 amide bonds. The molecule has 2 aromatic heterocycles. The van der Waals surface area contributed by atoms with Crippen LogP contribution in [0.5, 0.6) is 0 Å². The molecule has 3 rings (SSSR count). The van der Waals surface area contributed by atoms with Gasteiger partial charge in [-0.05, 0) is 24.3 Å². The first kappa shape index (κ1) is 9.12. The lowest BCUT2D eigenvalue weighted by atomic mass is 10.1. The highest BCUT2D eigenvalue weighted by Crippen LogP contribution is 2.25. The van der Waals surface area contributed by atoms with E-state index in [9.17, 15) is 0 Å². The summed E-state index contributed by atoms with van der Waals surface area (Å²) in [7, 11) is 0. The molecule has 78 valence electrons. The largest absolute Gasteiger partial charge is 0.310 e. The minimum atomic E-state index is 0.746. The zero-order valence-corrected chi connectivity index (χ0v) is 9.18. The van der Waals surface area contributed by atoms with Crippen LogP contribution < -0.4 is 5.32 Å². The molecule has 2 aromatic rings. The summed E-state index contributed by atoms with van der Waals surface area (Å²) in [5.74, 6) is 0. The summed E-state index contributed by atoms with van der Waals surface area (Å²) >= 11 is 1.72. The van der Waals surface area contributed by atoms with Crippen molar-refractivity contribution in [2.24, 2.45) is 0 Å². The monoisotopic (exact) mass is 219 g/mol. The Hall–Kier alpha value is -1.13. The Morgan fingerprint density at radius 1 is 1.53 bits per heavy atom. The van der Waals surface area contributed by atoms with E-state index >= 15 is 0 Å². The Kier molecular flexibility index (Phi) is 2.31. The third-order valence-electron chi connectivity index (χ3n) is 2.69. The topological polar surface area (TPSA) is 40.7 Å². The van der Waals surface area contributed by atoms with Gasteiger partial charge in [-0.15, -0.1) is 0 Å². The van der Waals surface area contributed by atoms with E-state index in [1.54, 1.807) is 11.3 Å². The number of thiophene rings is 1. The predicted octanol–water partition coefficient (Wildman–Crippen LogP) is 2.39. The highest BCUT2D eigenvalue weighted by molar-refractivity contribution is 7.08. The minimum Gasteiger partial charge on any atom is -0.310 e. The number of hydrogen-bond donors (Lipinski definition) is 2. The molecule has 2 N–H and O–H groups in total. The van der Waals surface area contributed by atoms with Gasteiger partial charge in [-0.1, -0.05) is 0 Å². The Balaban J connectivity index is 1.79. The van der Waals surface area contributed by atoms with Gasteiger partial charge in [-0.2, -0.15) is 16.4 Å². The van der Waals surface area contributed by atoms with Gasteiger partial charge in [0.15, 0.2) is 0 Å². The summed E-state index contributed by atoms with van der Waals surface area (Å²) < 4.78 is 0. The maximum Gasteiger partial charge on any atom is 0.0703 e. The molecule has 1 saturated carbocycles. The lowest BCUT2D eigenvalue weighted by Crippen LogP contribution is -2.15. The first-order valence-corrected chi connectivity index (χ1v) is 6.16. The number of nitrogens with zero attached hydrogens (tertiary/aromatic N) is 1. The van der Waals surface area contributed by atoms with Crippen molar-refractivity contribution in [3.63, 3.8) is 0 Å². The smallest absolute Gasteiger partial charge is 0.0703 e. The average molecular weight is 219 g/mol. The third-order valence-corrected chi connectivity index (χ3v) is 3.37. The van der Waals surface area contributed by atoms with Crippen LogP contribution in [0.4, 0.5) is 0 Å². The van der Waals surface area contributed by atoms with E-state index in [1.165, 1.54) is 24.0 Å². The van der Waals surface area contributed by atoms with Gasteiger partial charge < -0.3 is 5.32 Å². The average Bonchev–Trinajstić information content (AvgIpc) is 2.79. The standard InChI is InChI=1S/C11H13N3S/c1-2-10(1)12-5-9-6-13-14-11(9)8-3-4-15-7-8/h3-4,6-7,10,12H,1-2,5H2,(H,13,14). The van der Waals surface area contributed by atoms with Crippen LogP contribution >= 0.6 is 11.3 Å². The summed E-state index contributed by atoms with van der Waals surface area (Å²) in [6.45, 7) is 0.923. The van der Waals surface area contributed by atoms with Crippen molar-refractivity contribution < 1.29 is 0 Å². The van der Waals surface area contributed by atoms with Crippen molar-refractivity contribution in [3.8, 4) is 11.3 Å². The molecular weight excluding hydrogens is 206 g/mol. The number of hydrogen-bond acceptors (Lipinski definition) is 3. The predicted molar refractivity (Wildman–Crippen MR) is 61.8 cm³/mol. The van der Waals surface area contributed by atoms with Crippen LogP contribution in [-0.4, -0.2) is 16.2 Å². The fourth-order valence-electron chi connectivity index (χ4n) is 1.64. The second-order valence-corrected chi connectivity index (χ2v) is 4.72. The summed E-state index contributed by atoms with van der Waals surface area (Å²) in [6, 6.07) is 2.87. The molecule has 0 atom stereocenters. The van der Waals surface area contributed by atoms with E-state index in [-0.39, 0.29) is 0 Å². The maximum absolute atomic E-state index is 4.12. The number of aromatic amines is 1. The van der Waals surface area contributed by atoms with Crippen LogP contribution in [0, 0.1) is 0 Å². The summed E-state index contributed by atoms with van der Waals surface area (Å²) in [5.41, 5.74) is 3.66. The molecule has 1 aliphatic rings. The van der Waals surface area contributed by atoms with Crippen LogP contribution in [0.1, 0.15) is 18.4 Å². The van der Waals surface area contributed by atoms with Gasteiger partial charge in [0.05, 0.1) is 11.9 Å². The van der Waals surface area contributed by atoms with Crippen molar-refractivity contribution >= 4 is 11.3 Å². The SMILES string of the molecule is c1cc(-c2[nH]ncc2CNC2CC2)cs1. The van der Waals surface area contributed by atoms with Crippen LogP contribution in [0.2, 0.25) is 0 Å². The van der Waals surface area contributed by atoms with Crippen molar-refractivity contribution in [2.45, 2.75) is 25.4 Å². The molecule has 2 heterocycles. The molecule has 1 aliphatic carbocycles. The molecule has 0 radical (unpaired) electrons. The first-order valence-electron chi connectivity index (χ1n) is 5.21. The van der Waals surface area contributed by atoms with Crippen LogP contribution in [0.3, 0.4) is 0 Å². The van der Waals surface area contributed by atoms with Gasteiger partial charge in [0.25, 0.3) is 0 Å². The normalized spacial score (nSPS) is 15.7. The van der Waals surface area contributed by atoms with Gasteiger partial charge in [-0.25, -0.2) is 0 Å². The number of rotatable bonds is 4. The Morgan fingerprint density at radius 2 is 2.47 bits per heavy atom. The Labute approximate surface area is 92.5 Å². The highest BCUT2D eigenvalue weighted by Gasteiger charge is 2.20. The number of aromatic nitrogens is 2. The highest BCUT2D eigenvalue weighted by atomic mass is 32.1. The van der Waals surface area contributed by atoms with Crippen molar-refractivity contribution in [2.75, 3.05) is 0 Å². The lowest BCUT2D eigenvalue weighted by Gasteiger charge is -2.02. The van der Waals surface area contributed by atoms with Crippen molar-refractivity contribution in [1.29, 1.82) is 0 Å². The second-order valence-electron chi connectivity index (χ2n) is 3.94. The maximum atomic E-state index is 4.12. The quantitative estimate of drug-likeness (QED) is 0.829. The zero-order valence-electron chi connectivity index (χ0n) is 8.36. The first-order chi connectivity index (χ1) is 7.43. The van der Waals surface area contributed by atoms with E-state index in [0.29, 0.717) is 0 Å². The lowest BCUT2D eigenvalue weighted by molar-refractivity contribution is 0.689. The van der Waals surface area contributed by atoms with Crippen molar-refractivity contribution in [1.82, 2.24) is 15.5 Å². The third kappa shape index (κ3) is 1.96. The second kappa shape index (κ2) is 3.79. The van der Waals surface area contributed by atoms with Gasteiger partial charge >= 0.3 is 0 Å². The summed E-state index contributed by atoms with van der Waals surface area (Å²) in [4.78, 5) is 0. The van der Waals surface area contributed by atoms with Crippen LogP contribution in [-0.2, 0) is 6.54 Å². The minimum absolute atomic E-state index is 0.746. The van der Waals surface area contributed by atoms with E-state index in [1.807, 2.05) is 6.20 Å². The van der Waals surface area contributed by atoms with E-state index in [0.717, 1.165) is 18.3 Å². The molecule has 0 saturated heterocycles. The molecule has 3 nitrogen and oxygen atoms in total. The van der Waals surface area contributed by atoms with Gasteiger partial charge in [-0.3, -0.25) is 5.10 Å². The van der Waals surface area contributed by atoms with Gasteiger partial charge in [0.2, 0.25) is 0 Å².